The van der Waals surface area contributed by atoms with Gasteiger partial charge in [0.05, 0.1) is 12.1 Å². The molecule has 0 radical (unpaired) electrons. The van der Waals surface area contributed by atoms with E-state index >= 15 is 0 Å². The molecule has 1 N–H and O–H groups in total. The summed E-state index contributed by atoms with van der Waals surface area (Å²) >= 11 is 0. The first-order valence-corrected chi connectivity index (χ1v) is 10.5. The Kier molecular flexibility index (Phi) is 5.66. The minimum Gasteiger partial charge on any atom is -0.493 e. The molecule has 0 fully saturated rings. The van der Waals surface area contributed by atoms with Crippen molar-refractivity contribution in [2.75, 3.05) is 6.61 Å². The number of para-hydroxylation sites is 2. The highest BCUT2D eigenvalue weighted by Crippen LogP contribution is 2.33. The van der Waals surface area contributed by atoms with Gasteiger partial charge in [0.1, 0.15) is 5.75 Å². The van der Waals surface area contributed by atoms with E-state index < -0.39 is 0 Å². The fourth-order valence-electron chi connectivity index (χ4n) is 3.96. The third-order valence-electron chi connectivity index (χ3n) is 5.74. The van der Waals surface area contributed by atoms with Crippen LogP contribution >= 0.6 is 0 Å². The van der Waals surface area contributed by atoms with Gasteiger partial charge < -0.3 is 9.72 Å². The second kappa shape index (κ2) is 8.52. The molecule has 1 heterocycles. The van der Waals surface area contributed by atoms with E-state index in [0.29, 0.717) is 5.92 Å². The van der Waals surface area contributed by atoms with Gasteiger partial charge in [0.15, 0.2) is 0 Å². The Bertz CT molecular complexity index is 1050. The van der Waals surface area contributed by atoms with E-state index in [1.54, 1.807) is 0 Å². The summed E-state index contributed by atoms with van der Waals surface area (Å²) in [5.41, 5.74) is 4.82. The van der Waals surface area contributed by atoms with Crippen LogP contribution in [-0.4, -0.2) is 11.6 Å². The smallest absolute Gasteiger partial charge is 0.119 e. The number of fused-ring (bicyclic) bond motifs is 3. The molecule has 0 aliphatic carbocycles. The van der Waals surface area contributed by atoms with Crippen molar-refractivity contribution in [2.24, 2.45) is 5.92 Å². The topological polar surface area (TPSA) is 25.0 Å². The molecule has 0 saturated heterocycles. The first-order chi connectivity index (χ1) is 13.8. The molecule has 4 rings (SSSR count). The molecule has 0 aliphatic rings. The zero-order chi connectivity index (χ0) is 19.3. The maximum absolute atomic E-state index is 6.07. The van der Waals surface area contributed by atoms with Gasteiger partial charge in [-0.3, -0.25) is 0 Å². The summed E-state index contributed by atoms with van der Waals surface area (Å²) in [6, 6.07) is 23.5. The summed E-state index contributed by atoms with van der Waals surface area (Å²) in [5.74, 6) is 1.61. The molecule has 2 nitrogen and oxygen atoms in total. The summed E-state index contributed by atoms with van der Waals surface area (Å²) in [6.07, 6.45) is 4.98. The fourth-order valence-corrected chi connectivity index (χ4v) is 3.96. The van der Waals surface area contributed by atoms with Crippen molar-refractivity contribution in [2.45, 2.75) is 39.5 Å². The van der Waals surface area contributed by atoms with Crippen LogP contribution in [0.15, 0.2) is 66.7 Å². The second-order valence-electron chi connectivity index (χ2n) is 7.65. The molecule has 2 heteroatoms. The molecule has 0 bridgehead atoms. The molecule has 1 unspecified atom stereocenters. The fraction of sp³-hybridized carbons (Fsp3) is 0.308. The van der Waals surface area contributed by atoms with E-state index in [2.05, 4.69) is 85.6 Å². The number of aromatic amines is 1. The van der Waals surface area contributed by atoms with Crippen LogP contribution in [0.2, 0.25) is 0 Å². The van der Waals surface area contributed by atoms with E-state index in [0.717, 1.165) is 12.4 Å². The Morgan fingerprint density at radius 3 is 2.43 bits per heavy atom. The Balaban J connectivity index is 1.56. The number of unbranched alkanes of at least 4 members (excludes halogenated alkanes) is 1. The highest BCUT2D eigenvalue weighted by atomic mass is 16.5. The standard InChI is InChI=1S/C26H29NO/c1-3-5-9-19(4-2)18-28-21-16-14-20(15-17-21)22-11-8-12-24-23-10-6-7-13-25(23)27-26(22)24/h6-8,10-17,19,27H,3-5,9,18H2,1-2H3. The molecule has 0 aliphatic heterocycles. The minimum atomic E-state index is 0.653. The lowest BCUT2D eigenvalue weighted by Crippen LogP contribution is -2.11. The lowest BCUT2D eigenvalue weighted by molar-refractivity contribution is 0.233. The molecule has 4 aromatic rings. The quantitative estimate of drug-likeness (QED) is 0.339. The van der Waals surface area contributed by atoms with Gasteiger partial charge in [-0.15, -0.1) is 0 Å². The number of hydrogen-bond acceptors (Lipinski definition) is 1. The Morgan fingerprint density at radius 2 is 1.64 bits per heavy atom. The SMILES string of the molecule is CCCCC(CC)COc1ccc(-c2cccc3c2[nH]c2ccccc23)cc1. The first kappa shape index (κ1) is 18.6. The van der Waals surface area contributed by atoms with E-state index in [1.165, 1.54) is 58.6 Å². The van der Waals surface area contributed by atoms with Crippen LogP contribution < -0.4 is 4.74 Å². The second-order valence-corrected chi connectivity index (χ2v) is 7.65. The summed E-state index contributed by atoms with van der Waals surface area (Å²) < 4.78 is 6.07. The average molecular weight is 372 g/mol. The monoisotopic (exact) mass is 371 g/mol. The van der Waals surface area contributed by atoms with Crippen LogP contribution in [-0.2, 0) is 0 Å². The van der Waals surface area contributed by atoms with Crippen LogP contribution in [0.25, 0.3) is 32.9 Å². The van der Waals surface area contributed by atoms with Crippen molar-refractivity contribution >= 4 is 21.8 Å². The molecule has 0 spiro atoms. The van der Waals surface area contributed by atoms with Crippen LogP contribution in [0.3, 0.4) is 0 Å². The van der Waals surface area contributed by atoms with E-state index in [1.807, 2.05) is 0 Å². The summed E-state index contributed by atoms with van der Waals surface area (Å²) in [5, 5.41) is 2.55. The number of hydrogen-bond donors (Lipinski definition) is 1. The highest BCUT2D eigenvalue weighted by molar-refractivity contribution is 6.11. The zero-order valence-corrected chi connectivity index (χ0v) is 16.9. The van der Waals surface area contributed by atoms with Crippen molar-refractivity contribution in [3.63, 3.8) is 0 Å². The Morgan fingerprint density at radius 1 is 0.857 bits per heavy atom. The van der Waals surface area contributed by atoms with Gasteiger partial charge in [-0.2, -0.15) is 0 Å². The number of rotatable bonds is 8. The van der Waals surface area contributed by atoms with Crippen LogP contribution in [0.5, 0.6) is 5.75 Å². The molecule has 0 saturated carbocycles. The van der Waals surface area contributed by atoms with Gasteiger partial charge in [0.25, 0.3) is 0 Å². The number of benzene rings is 3. The highest BCUT2D eigenvalue weighted by Gasteiger charge is 2.10. The normalized spacial score (nSPS) is 12.5. The Hall–Kier alpha value is -2.74. The van der Waals surface area contributed by atoms with Gasteiger partial charge in [-0.25, -0.2) is 0 Å². The van der Waals surface area contributed by atoms with Gasteiger partial charge in [0.2, 0.25) is 0 Å². The van der Waals surface area contributed by atoms with Gasteiger partial charge in [-0.1, -0.05) is 81.6 Å². The lowest BCUT2D eigenvalue weighted by atomic mass is 10.0. The van der Waals surface area contributed by atoms with Crippen molar-refractivity contribution in [3.8, 4) is 16.9 Å². The van der Waals surface area contributed by atoms with Crippen molar-refractivity contribution < 1.29 is 4.74 Å². The van der Waals surface area contributed by atoms with E-state index in [-0.39, 0.29) is 0 Å². The largest absolute Gasteiger partial charge is 0.493 e. The number of H-pyrrole nitrogens is 1. The average Bonchev–Trinajstić information content (AvgIpc) is 3.13. The summed E-state index contributed by atoms with van der Waals surface area (Å²) in [6.45, 7) is 5.32. The Labute approximate surface area is 167 Å². The number of ether oxygens (including phenoxy) is 1. The first-order valence-electron chi connectivity index (χ1n) is 10.5. The number of aromatic nitrogens is 1. The van der Waals surface area contributed by atoms with Crippen molar-refractivity contribution in [1.82, 2.24) is 4.98 Å². The van der Waals surface area contributed by atoms with Crippen LogP contribution in [0, 0.1) is 5.92 Å². The summed E-state index contributed by atoms with van der Waals surface area (Å²) in [7, 11) is 0. The zero-order valence-electron chi connectivity index (χ0n) is 16.9. The third-order valence-corrected chi connectivity index (χ3v) is 5.74. The predicted octanol–water partition coefficient (Wildman–Crippen LogP) is 7.58. The van der Waals surface area contributed by atoms with Crippen molar-refractivity contribution in [3.05, 3.63) is 66.7 Å². The molecular weight excluding hydrogens is 342 g/mol. The molecule has 144 valence electrons. The number of nitrogens with one attached hydrogen (secondary N) is 1. The maximum Gasteiger partial charge on any atom is 0.119 e. The van der Waals surface area contributed by atoms with E-state index in [9.17, 15) is 0 Å². The molecule has 1 aromatic heterocycles. The maximum atomic E-state index is 6.07. The molecule has 3 aromatic carbocycles. The molecule has 28 heavy (non-hydrogen) atoms. The minimum absolute atomic E-state index is 0.653. The van der Waals surface area contributed by atoms with Crippen LogP contribution in [0.4, 0.5) is 0 Å². The van der Waals surface area contributed by atoms with E-state index in [4.69, 9.17) is 4.74 Å². The van der Waals surface area contributed by atoms with Gasteiger partial charge in [-0.05, 0) is 36.1 Å². The third kappa shape index (κ3) is 3.77. The molecule has 1 atom stereocenters. The van der Waals surface area contributed by atoms with Gasteiger partial charge >= 0.3 is 0 Å². The molecular formula is C26H29NO. The lowest BCUT2D eigenvalue weighted by Gasteiger charge is -2.15. The van der Waals surface area contributed by atoms with Crippen molar-refractivity contribution in [1.29, 1.82) is 0 Å². The van der Waals surface area contributed by atoms with Gasteiger partial charge in [0, 0.05) is 21.9 Å². The molecule has 0 amide bonds. The summed E-state index contributed by atoms with van der Waals surface area (Å²) in [4.78, 5) is 3.60. The predicted molar refractivity (Wildman–Crippen MR) is 120 cm³/mol. The van der Waals surface area contributed by atoms with Crippen LogP contribution in [0.1, 0.15) is 39.5 Å².